The molecule has 0 bridgehead atoms. The molecule has 0 saturated carbocycles. The number of ether oxygens (including phenoxy) is 1. The number of fused-ring (bicyclic) bond motifs is 1. The summed E-state index contributed by atoms with van der Waals surface area (Å²) >= 11 is 5.97. The number of carboxylic acids is 1. The summed E-state index contributed by atoms with van der Waals surface area (Å²) in [7, 11) is 0. The zero-order valence-corrected chi connectivity index (χ0v) is 17.2. The van der Waals surface area contributed by atoms with E-state index in [1.54, 1.807) is 18.2 Å². The Kier molecular flexibility index (Phi) is 5.80. The largest absolute Gasteiger partial charge is 0.485 e. The van der Waals surface area contributed by atoms with Crippen molar-refractivity contribution in [3.63, 3.8) is 0 Å². The van der Waals surface area contributed by atoms with Crippen LogP contribution in [0.15, 0.2) is 60.7 Å². The van der Waals surface area contributed by atoms with Gasteiger partial charge in [-0.2, -0.15) is 0 Å². The SMILES string of the molecule is CC(Oc1c(C(=O)NC(C)(C)C(=O)O)ccc2ccccc12)c1ccc(Cl)cc1. The summed E-state index contributed by atoms with van der Waals surface area (Å²) in [5.74, 6) is -1.23. The Bertz CT molecular complexity index is 1060. The maximum Gasteiger partial charge on any atom is 0.328 e. The van der Waals surface area contributed by atoms with E-state index in [1.165, 1.54) is 13.8 Å². The molecule has 29 heavy (non-hydrogen) atoms. The molecule has 1 amide bonds. The van der Waals surface area contributed by atoms with Gasteiger partial charge in [0, 0.05) is 10.4 Å². The average molecular weight is 412 g/mol. The molecule has 2 N–H and O–H groups in total. The van der Waals surface area contributed by atoms with Crippen molar-refractivity contribution in [3.8, 4) is 5.75 Å². The van der Waals surface area contributed by atoms with E-state index in [0.717, 1.165) is 16.3 Å². The highest BCUT2D eigenvalue weighted by molar-refractivity contribution is 6.30. The lowest BCUT2D eigenvalue weighted by molar-refractivity contribution is -0.143. The van der Waals surface area contributed by atoms with Gasteiger partial charge in [0.1, 0.15) is 17.4 Å². The van der Waals surface area contributed by atoms with Crippen molar-refractivity contribution >= 4 is 34.2 Å². The fraction of sp³-hybridized carbons (Fsp3) is 0.217. The molecular formula is C23H22ClNO4. The fourth-order valence-corrected chi connectivity index (χ4v) is 3.06. The monoisotopic (exact) mass is 411 g/mol. The number of hydrogen-bond donors (Lipinski definition) is 2. The van der Waals surface area contributed by atoms with Crippen molar-refractivity contribution in [1.82, 2.24) is 5.32 Å². The van der Waals surface area contributed by atoms with E-state index in [2.05, 4.69) is 5.32 Å². The van der Waals surface area contributed by atoms with Crippen LogP contribution in [0.5, 0.6) is 5.75 Å². The Morgan fingerprint density at radius 1 is 1.03 bits per heavy atom. The van der Waals surface area contributed by atoms with Crippen molar-refractivity contribution < 1.29 is 19.4 Å². The van der Waals surface area contributed by atoms with Gasteiger partial charge in [-0.25, -0.2) is 4.79 Å². The van der Waals surface area contributed by atoms with Crippen LogP contribution < -0.4 is 10.1 Å². The van der Waals surface area contributed by atoms with E-state index in [4.69, 9.17) is 16.3 Å². The van der Waals surface area contributed by atoms with Gasteiger partial charge >= 0.3 is 5.97 Å². The van der Waals surface area contributed by atoms with E-state index < -0.39 is 17.4 Å². The highest BCUT2D eigenvalue weighted by Crippen LogP contribution is 2.34. The maximum atomic E-state index is 12.9. The van der Waals surface area contributed by atoms with Gasteiger partial charge < -0.3 is 15.2 Å². The predicted molar refractivity (Wildman–Crippen MR) is 114 cm³/mol. The Labute approximate surface area is 174 Å². The Balaban J connectivity index is 2.03. The Morgan fingerprint density at radius 3 is 2.34 bits per heavy atom. The predicted octanol–water partition coefficient (Wildman–Crippen LogP) is 5.23. The molecule has 0 fully saturated rings. The molecule has 0 saturated heterocycles. The summed E-state index contributed by atoms with van der Waals surface area (Å²) in [6, 6.07) is 18.3. The lowest BCUT2D eigenvalue weighted by Gasteiger charge is -2.23. The number of carboxylic acid groups (broad SMARTS) is 1. The quantitative estimate of drug-likeness (QED) is 0.582. The van der Waals surface area contributed by atoms with Crippen LogP contribution in [0.3, 0.4) is 0 Å². The van der Waals surface area contributed by atoms with Crippen LogP contribution in [0.1, 0.15) is 42.8 Å². The summed E-state index contributed by atoms with van der Waals surface area (Å²) < 4.78 is 6.23. The molecule has 150 valence electrons. The third-order valence-corrected chi connectivity index (χ3v) is 4.97. The van der Waals surface area contributed by atoms with Crippen molar-refractivity contribution in [2.75, 3.05) is 0 Å². The molecule has 3 aromatic rings. The van der Waals surface area contributed by atoms with Gasteiger partial charge in [0.2, 0.25) is 0 Å². The van der Waals surface area contributed by atoms with Gasteiger partial charge in [-0.05, 0) is 49.9 Å². The number of aliphatic carboxylic acids is 1. The van der Waals surface area contributed by atoms with Gasteiger partial charge in [0.05, 0.1) is 5.56 Å². The summed E-state index contributed by atoms with van der Waals surface area (Å²) in [6.07, 6.45) is -0.350. The molecule has 6 heteroatoms. The highest BCUT2D eigenvalue weighted by Gasteiger charge is 2.31. The molecular weight excluding hydrogens is 390 g/mol. The maximum absolute atomic E-state index is 12.9. The average Bonchev–Trinajstić information content (AvgIpc) is 2.68. The van der Waals surface area contributed by atoms with Crippen LogP contribution in [-0.4, -0.2) is 22.5 Å². The number of carbonyl (C=O) groups excluding carboxylic acids is 1. The second-order valence-corrected chi connectivity index (χ2v) is 7.80. The van der Waals surface area contributed by atoms with Gasteiger partial charge in [0.25, 0.3) is 5.91 Å². The van der Waals surface area contributed by atoms with Crippen LogP contribution in [0, 0.1) is 0 Å². The summed E-state index contributed by atoms with van der Waals surface area (Å²) in [6.45, 7) is 4.75. The standard InChI is InChI=1S/C23H22ClNO4/c1-14(15-8-11-17(24)12-9-15)29-20-18-7-5-4-6-16(18)10-13-19(20)21(26)25-23(2,3)22(27)28/h4-14H,1-3H3,(H,25,26)(H,27,28). The second kappa shape index (κ2) is 8.13. The lowest BCUT2D eigenvalue weighted by atomic mass is 10.0. The van der Waals surface area contributed by atoms with E-state index in [-0.39, 0.29) is 11.7 Å². The van der Waals surface area contributed by atoms with Crippen LogP contribution in [-0.2, 0) is 4.79 Å². The minimum atomic E-state index is -1.41. The van der Waals surface area contributed by atoms with Crippen LogP contribution in [0.4, 0.5) is 0 Å². The second-order valence-electron chi connectivity index (χ2n) is 7.36. The molecule has 1 atom stereocenters. The van der Waals surface area contributed by atoms with Crippen molar-refractivity contribution in [2.45, 2.75) is 32.4 Å². The number of carbonyl (C=O) groups is 2. The first-order chi connectivity index (χ1) is 13.7. The fourth-order valence-electron chi connectivity index (χ4n) is 2.93. The molecule has 5 nitrogen and oxygen atoms in total. The molecule has 0 spiro atoms. The molecule has 0 radical (unpaired) electrons. The number of amides is 1. The Hall–Kier alpha value is -3.05. The molecule has 0 heterocycles. The smallest absolute Gasteiger partial charge is 0.328 e. The topological polar surface area (TPSA) is 75.6 Å². The van der Waals surface area contributed by atoms with E-state index in [1.807, 2.05) is 49.4 Å². The normalized spacial score (nSPS) is 12.4. The van der Waals surface area contributed by atoms with Crippen LogP contribution >= 0.6 is 11.6 Å². The van der Waals surface area contributed by atoms with E-state index in [0.29, 0.717) is 10.8 Å². The van der Waals surface area contributed by atoms with Gasteiger partial charge in [-0.3, -0.25) is 4.79 Å². The number of benzene rings is 3. The number of rotatable bonds is 6. The first-order valence-electron chi connectivity index (χ1n) is 9.19. The number of nitrogens with one attached hydrogen (secondary N) is 1. The molecule has 0 aliphatic carbocycles. The minimum absolute atomic E-state index is 0.277. The lowest BCUT2D eigenvalue weighted by Crippen LogP contribution is -2.49. The zero-order valence-electron chi connectivity index (χ0n) is 16.4. The summed E-state index contributed by atoms with van der Waals surface area (Å²) in [4.78, 5) is 24.3. The Morgan fingerprint density at radius 2 is 1.69 bits per heavy atom. The molecule has 3 rings (SSSR count). The summed E-state index contributed by atoms with van der Waals surface area (Å²) in [5.41, 5.74) is -0.236. The third kappa shape index (κ3) is 4.51. The molecule has 3 aromatic carbocycles. The number of halogens is 1. The zero-order chi connectivity index (χ0) is 21.2. The van der Waals surface area contributed by atoms with Crippen molar-refractivity contribution in [3.05, 3.63) is 76.8 Å². The molecule has 0 aliphatic rings. The van der Waals surface area contributed by atoms with Crippen LogP contribution in [0.2, 0.25) is 5.02 Å². The van der Waals surface area contributed by atoms with Crippen molar-refractivity contribution in [2.24, 2.45) is 0 Å². The molecule has 0 aliphatic heterocycles. The first-order valence-corrected chi connectivity index (χ1v) is 9.56. The third-order valence-electron chi connectivity index (χ3n) is 4.72. The van der Waals surface area contributed by atoms with Gasteiger partial charge in [-0.15, -0.1) is 0 Å². The minimum Gasteiger partial charge on any atom is -0.485 e. The summed E-state index contributed by atoms with van der Waals surface area (Å²) in [5, 5.41) is 14.2. The van der Waals surface area contributed by atoms with Crippen LogP contribution in [0.25, 0.3) is 10.8 Å². The van der Waals surface area contributed by atoms with Gasteiger partial charge in [0.15, 0.2) is 0 Å². The van der Waals surface area contributed by atoms with Crippen molar-refractivity contribution in [1.29, 1.82) is 0 Å². The number of hydrogen-bond acceptors (Lipinski definition) is 3. The first kappa shape index (κ1) is 20.7. The molecule has 0 aromatic heterocycles. The van der Waals surface area contributed by atoms with E-state index >= 15 is 0 Å². The highest BCUT2D eigenvalue weighted by atomic mass is 35.5. The van der Waals surface area contributed by atoms with Gasteiger partial charge in [-0.1, -0.05) is 54.1 Å². The molecule has 1 unspecified atom stereocenters. The van der Waals surface area contributed by atoms with E-state index in [9.17, 15) is 14.7 Å².